The number of hydrogen-bond donors (Lipinski definition) is 0. The lowest BCUT2D eigenvalue weighted by atomic mass is 10.1. The Kier molecular flexibility index (Phi) is 4.27. The molecule has 5 heteroatoms. The maximum absolute atomic E-state index is 5.34. The normalized spacial score (nSPS) is 10.8. The lowest BCUT2D eigenvalue weighted by Gasteiger charge is -2.20. The number of hydrogen-bond acceptors (Lipinski definition) is 4. The zero-order valence-electron chi connectivity index (χ0n) is 14.8. The number of aromatic nitrogens is 3. The van der Waals surface area contributed by atoms with Crippen LogP contribution < -0.4 is 9.64 Å². The average molecular weight is 344 g/mol. The maximum atomic E-state index is 5.34. The van der Waals surface area contributed by atoms with Gasteiger partial charge in [-0.25, -0.2) is 4.98 Å². The first-order valence-corrected chi connectivity index (χ1v) is 8.48. The van der Waals surface area contributed by atoms with E-state index in [9.17, 15) is 0 Å². The number of fused-ring (bicyclic) bond motifs is 1. The van der Waals surface area contributed by atoms with Crippen molar-refractivity contribution < 1.29 is 4.74 Å². The summed E-state index contributed by atoms with van der Waals surface area (Å²) < 4.78 is 7.22. The zero-order valence-corrected chi connectivity index (χ0v) is 14.8. The standard InChI is InChI=1S/C21H20N4O/c1-24(15-16-7-4-3-5-8-16)20-11-12-22-21-19(14-23-25(20)21)17-9-6-10-18(13-17)26-2/h3-14H,15H2,1-2H3. The van der Waals surface area contributed by atoms with Crippen LogP contribution in [0.1, 0.15) is 5.56 Å². The molecule has 2 aromatic carbocycles. The molecule has 0 N–H and O–H groups in total. The fourth-order valence-electron chi connectivity index (χ4n) is 3.10. The van der Waals surface area contributed by atoms with Crippen molar-refractivity contribution in [3.63, 3.8) is 0 Å². The SMILES string of the molecule is COc1cccc(-c2cnn3c(N(C)Cc4ccccc4)ccnc23)c1. The molecule has 0 fully saturated rings. The second kappa shape index (κ2) is 6.88. The summed E-state index contributed by atoms with van der Waals surface area (Å²) in [5, 5.41) is 4.58. The van der Waals surface area contributed by atoms with Crippen LogP contribution in [-0.4, -0.2) is 28.8 Å². The van der Waals surface area contributed by atoms with E-state index in [1.165, 1.54) is 5.56 Å². The van der Waals surface area contributed by atoms with Gasteiger partial charge in [-0.05, 0) is 29.3 Å². The lowest BCUT2D eigenvalue weighted by Crippen LogP contribution is -2.19. The van der Waals surface area contributed by atoms with E-state index in [1.807, 2.05) is 53.3 Å². The molecule has 0 spiro atoms. The van der Waals surface area contributed by atoms with Gasteiger partial charge in [-0.15, -0.1) is 0 Å². The first-order valence-electron chi connectivity index (χ1n) is 8.48. The molecule has 2 heterocycles. The van der Waals surface area contributed by atoms with Gasteiger partial charge in [0.2, 0.25) is 0 Å². The number of methoxy groups -OCH3 is 1. The van der Waals surface area contributed by atoms with Crippen molar-refractivity contribution in [1.29, 1.82) is 0 Å². The predicted octanol–water partition coefficient (Wildman–Crippen LogP) is 4.04. The van der Waals surface area contributed by atoms with Crippen LogP contribution in [0, 0.1) is 0 Å². The summed E-state index contributed by atoms with van der Waals surface area (Å²) in [7, 11) is 3.73. The molecule has 0 aliphatic heterocycles. The Hall–Kier alpha value is -3.34. The fraction of sp³-hybridized carbons (Fsp3) is 0.143. The molecule has 0 radical (unpaired) electrons. The number of nitrogens with zero attached hydrogens (tertiary/aromatic N) is 4. The minimum absolute atomic E-state index is 0.800. The molecule has 0 amide bonds. The number of rotatable bonds is 5. The Morgan fingerprint density at radius 3 is 2.69 bits per heavy atom. The van der Waals surface area contributed by atoms with Crippen molar-refractivity contribution >= 4 is 11.5 Å². The van der Waals surface area contributed by atoms with Gasteiger partial charge >= 0.3 is 0 Å². The summed E-state index contributed by atoms with van der Waals surface area (Å²) in [6, 6.07) is 20.3. The molecule has 26 heavy (non-hydrogen) atoms. The predicted molar refractivity (Wildman–Crippen MR) is 104 cm³/mol. The van der Waals surface area contributed by atoms with Gasteiger partial charge in [0.25, 0.3) is 0 Å². The largest absolute Gasteiger partial charge is 0.497 e. The molecule has 0 unspecified atom stereocenters. The Labute approximate surface area is 152 Å². The Morgan fingerprint density at radius 1 is 1.04 bits per heavy atom. The molecule has 0 atom stereocenters. The van der Waals surface area contributed by atoms with Crippen LogP contribution in [-0.2, 0) is 6.54 Å². The van der Waals surface area contributed by atoms with Crippen molar-refractivity contribution in [2.45, 2.75) is 6.54 Å². The Morgan fingerprint density at radius 2 is 1.88 bits per heavy atom. The highest BCUT2D eigenvalue weighted by Gasteiger charge is 2.13. The molecule has 0 saturated carbocycles. The summed E-state index contributed by atoms with van der Waals surface area (Å²) >= 11 is 0. The molecular formula is C21H20N4O. The third-order valence-electron chi connectivity index (χ3n) is 4.42. The highest BCUT2D eigenvalue weighted by atomic mass is 16.5. The monoisotopic (exact) mass is 344 g/mol. The van der Waals surface area contributed by atoms with Crippen LogP contribution in [0.4, 0.5) is 5.82 Å². The van der Waals surface area contributed by atoms with E-state index in [0.29, 0.717) is 0 Å². The third kappa shape index (κ3) is 2.99. The maximum Gasteiger partial charge on any atom is 0.165 e. The highest BCUT2D eigenvalue weighted by molar-refractivity contribution is 5.78. The van der Waals surface area contributed by atoms with E-state index in [0.717, 1.165) is 34.9 Å². The molecular weight excluding hydrogens is 324 g/mol. The van der Waals surface area contributed by atoms with E-state index in [1.54, 1.807) is 7.11 Å². The second-order valence-corrected chi connectivity index (χ2v) is 6.17. The zero-order chi connectivity index (χ0) is 17.9. The third-order valence-corrected chi connectivity index (χ3v) is 4.42. The highest BCUT2D eigenvalue weighted by Crippen LogP contribution is 2.28. The van der Waals surface area contributed by atoms with Crippen molar-refractivity contribution in [2.75, 3.05) is 19.1 Å². The smallest absolute Gasteiger partial charge is 0.165 e. The topological polar surface area (TPSA) is 42.7 Å². The second-order valence-electron chi connectivity index (χ2n) is 6.17. The lowest BCUT2D eigenvalue weighted by molar-refractivity contribution is 0.415. The molecule has 0 aliphatic carbocycles. The minimum atomic E-state index is 0.800. The van der Waals surface area contributed by atoms with E-state index in [2.05, 4.69) is 46.3 Å². The van der Waals surface area contributed by atoms with Gasteiger partial charge in [-0.2, -0.15) is 9.61 Å². The average Bonchev–Trinajstić information content (AvgIpc) is 3.13. The molecule has 0 saturated heterocycles. The number of ether oxygens (including phenoxy) is 1. The van der Waals surface area contributed by atoms with E-state index < -0.39 is 0 Å². The molecule has 4 rings (SSSR count). The molecule has 0 bridgehead atoms. The van der Waals surface area contributed by atoms with E-state index in [-0.39, 0.29) is 0 Å². The molecule has 0 aliphatic rings. The molecule has 5 nitrogen and oxygen atoms in total. The molecule has 2 aromatic heterocycles. The van der Waals surface area contributed by atoms with Crippen LogP contribution in [0.2, 0.25) is 0 Å². The van der Waals surface area contributed by atoms with Gasteiger partial charge in [0, 0.05) is 25.4 Å². The first-order chi connectivity index (χ1) is 12.8. The van der Waals surface area contributed by atoms with Crippen LogP contribution >= 0.6 is 0 Å². The number of anilines is 1. The van der Waals surface area contributed by atoms with Gasteiger partial charge in [0.15, 0.2) is 5.65 Å². The fourth-order valence-corrected chi connectivity index (χ4v) is 3.10. The summed E-state index contributed by atoms with van der Waals surface area (Å²) in [5.74, 6) is 1.81. The van der Waals surface area contributed by atoms with Crippen molar-refractivity contribution in [3.8, 4) is 16.9 Å². The van der Waals surface area contributed by atoms with Crippen molar-refractivity contribution in [1.82, 2.24) is 14.6 Å². The van der Waals surface area contributed by atoms with Gasteiger partial charge in [0.1, 0.15) is 11.6 Å². The van der Waals surface area contributed by atoms with Gasteiger partial charge in [0.05, 0.1) is 13.3 Å². The van der Waals surface area contributed by atoms with Crippen LogP contribution in [0.3, 0.4) is 0 Å². The minimum Gasteiger partial charge on any atom is -0.497 e. The summed E-state index contributed by atoms with van der Waals surface area (Å²) in [4.78, 5) is 6.73. The first kappa shape index (κ1) is 16.1. The quantitative estimate of drug-likeness (QED) is 0.548. The van der Waals surface area contributed by atoms with Gasteiger partial charge in [-0.3, -0.25) is 0 Å². The van der Waals surface area contributed by atoms with E-state index >= 15 is 0 Å². The van der Waals surface area contributed by atoms with Crippen LogP contribution in [0.25, 0.3) is 16.8 Å². The van der Waals surface area contributed by atoms with Gasteiger partial charge < -0.3 is 9.64 Å². The number of benzene rings is 2. The molecule has 130 valence electrons. The summed E-state index contributed by atoms with van der Waals surface area (Å²) in [6.45, 7) is 0.800. The van der Waals surface area contributed by atoms with E-state index in [4.69, 9.17) is 4.74 Å². The van der Waals surface area contributed by atoms with Gasteiger partial charge in [-0.1, -0.05) is 42.5 Å². The molecule has 4 aromatic rings. The van der Waals surface area contributed by atoms with Crippen molar-refractivity contribution in [2.24, 2.45) is 0 Å². The van der Waals surface area contributed by atoms with Crippen LogP contribution in [0.15, 0.2) is 73.1 Å². The Balaban J connectivity index is 1.73. The summed E-state index contributed by atoms with van der Waals surface area (Å²) in [6.07, 6.45) is 3.69. The summed E-state index contributed by atoms with van der Waals surface area (Å²) in [5.41, 5.74) is 4.10. The van der Waals surface area contributed by atoms with Crippen molar-refractivity contribution in [3.05, 3.63) is 78.6 Å². The van der Waals surface area contributed by atoms with Crippen LogP contribution in [0.5, 0.6) is 5.75 Å². The Bertz CT molecular complexity index is 1030.